The Balaban J connectivity index is 1.92. The first-order chi connectivity index (χ1) is 11.2. The van der Waals surface area contributed by atoms with Crippen molar-refractivity contribution in [2.75, 3.05) is 25.0 Å². The van der Waals surface area contributed by atoms with Crippen molar-refractivity contribution in [2.24, 2.45) is 10.2 Å². The van der Waals surface area contributed by atoms with Crippen molar-refractivity contribution < 1.29 is 4.79 Å². The summed E-state index contributed by atoms with van der Waals surface area (Å²) in [5, 5.41) is 11.2. The standard InChI is InChI=1S/C18H22N4O/c1-3-22(4-2)14-18(23)19-15-10-12-17(13-11-15)21-20-16-8-6-5-7-9-16/h5-13H,3-4,14H2,1-2H3,(H,19,23). The third-order valence-corrected chi connectivity index (χ3v) is 3.45. The van der Waals surface area contributed by atoms with Crippen LogP contribution in [-0.2, 0) is 4.79 Å². The Hall–Kier alpha value is -2.53. The number of benzene rings is 2. The number of azo groups is 1. The molecule has 0 atom stereocenters. The minimum absolute atomic E-state index is 0.00707. The van der Waals surface area contributed by atoms with Crippen LogP contribution in [0.4, 0.5) is 17.1 Å². The Labute approximate surface area is 137 Å². The van der Waals surface area contributed by atoms with Crippen LogP contribution in [0, 0.1) is 0 Å². The number of nitrogens with one attached hydrogen (secondary N) is 1. The van der Waals surface area contributed by atoms with Gasteiger partial charge in [-0.2, -0.15) is 10.2 Å². The molecule has 0 aromatic heterocycles. The molecule has 0 saturated heterocycles. The lowest BCUT2D eigenvalue weighted by atomic mass is 10.3. The summed E-state index contributed by atoms with van der Waals surface area (Å²) >= 11 is 0. The largest absolute Gasteiger partial charge is 0.325 e. The maximum absolute atomic E-state index is 11.9. The van der Waals surface area contributed by atoms with Gasteiger partial charge in [0.05, 0.1) is 17.9 Å². The maximum atomic E-state index is 11.9. The van der Waals surface area contributed by atoms with E-state index < -0.39 is 0 Å². The number of rotatable bonds is 7. The third kappa shape index (κ3) is 5.64. The van der Waals surface area contributed by atoms with E-state index in [1.807, 2.05) is 68.4 Å². The molecule has 2 aromatic carbocycles. The first-order valence-electron chi connectivity index (χ1n) is 7.80. The highest BCUT2D eigenvalue weighted by molar-refractivity contribution is 5.92. The van der Waals surface area contributed by atoms with Crippen LogP contribution in [0.5, 0.6) is 0 Å². The summed E-state index contributed by atoms with van der Waals surface area (Å²) in [7, 11) is 0. The number of anilines is 1. The van der Waals surface area contributed by atoms with Gasteiger partial charge in [-0.3, -0.25) is 9.69 Å². The van der Waals surface area contributed by atoms with E-state index >= 15 is 0 Å². The van der Waals surface area contributed by atoms with E-state index in [1.165, 1.54) is 0 Å². The number of nitrogens with zero attached hydrogens (tertiary/aromatic N) is 3. The molecular weight excluding hydrogens is 288 g/mol. The monoisotopic (exact) mass is 310 g/mol. The second-order valence-corrected chi connectivity index (χ2v) is 5.09. The Morgan fingerprint density at radius 1 is 0.913 bits per heavy atom. The van der Waals surface area contributed by atoms with Crippen LogP contribution in [0.3, 0.4) is 0 Å². The van der Waals surface area contributed by atoms with Gasteiger partial charge in [0.2, 0.25) is 5.91 Å². The summed E-state index contributed by atoms with van der Waals surface area (Å²) < 4.78 is 0. The lowest BCUT2D eigenvalue weighted by Crippen LogP contribution is -2.32. The average Bonchev–Trinajstić information content (AvgIpc) is 2.60. The first-order valence-corrected chi connectivity index (χ1v) is 7.80. The van der Waals surface area contributed by atoms with E-state index in [2.05, 4.69) is 20.4 Å². The predicted octanol–water partition coefficient (Wildman–Crippen LogP) is 4.38. The van der Waals surface area contributed by atoms with Crippen molar-refractivity contribution in [3.63, 3.8) is 0 Å². The zero-order valence-electron chi connectivity index (χ0n) is 13.6. The van der Waals surface area contributed by atoms with E-state index in [0.717, 1.165) is 30.2 Å². The Bertz CT molecular complexity index is 634. The van der Waals surface area contributed by atoms with Crippen molar-refractivity contribution in [1.82, 2.24) is 4.90 Å². The minimum Gasteiger partial charge on any atom is -0.325 e. The molecule has 0 heterocycles. The average molecular weight is 310 g/mol. The van der Waals surface area contributed by atoms with Crippen molar-refractivity contribution in [3.8, 4) is 0 Å². The molecule has 23 heavy (non-hydrogen) atoms. The molecule has 5 heteroatoms. The van der Waals surface area contributed by atoms with Crippen LogP contribution in [-0.4, -0.2) is 30.4 Å². The summed E-state index contributed by atoms with van der Waals surface area (Å²) in [4.78, 5) is 14.0. The molecular formula is C18H22N4O. The molecule has 120 valence electrons. The van der Waals surface area contributed by atoms with Gasteiger partial charge in [0.25, 0.3) is 0 Å². The van der Waals surface area contributed by atoms with Crippen LogP contribution < -0.4 is 5.32 Å². The van der Waals surface area contributed by atoms with Crippen molar-refractivity contribution in [2.45, 2.75) is 13.8 Å². The molecule has 0 aliphatic heterocycles. The molecule has 0 aliphatic carbocycles. The zero-order valence-corrected chi connectivity index (χ0v) is 13.6. The van der Waals surface area contributed by atoms with Gasteiger partial charge in [-0.25, -0.2) is 0 Å². The summed E-state index contributed by atoms with van der Waals surface area (Å²) in [6.45, 7) is 6.22. The Morgan fingerprint density at radius 3 is 2.04 bits per heavy atom. The highest BCUT2D eigenvalue weighted by atomic mass is 16.2. The fraction of sp³-hybridized carbons (Fsp3) is 0.278. The fourth-order valence-corrected chi connectivity index (χ4v) is 2.07. The topological polar surface area (TPSA) is 57.1 Å². The number of amides is 1. The lowest BCUT2D eigenvalue weighted by molar-refractivity contribution is -0.117. The van der Waals surface area contributed by atoms with Gasteiger partial charge in [-0.05, 0) is 49.5 Å². The van der Waals surface area contributed by atoms with Crippen LogP contribution in [0.25, 0.3) is 0 Å². The molecule has 0 spiro atoms. The normalized spacial score (nSPS) is 11.1. The highest BCUT2D eigenvalue weighted by Crippen LogP contribution is 2.19. The van der Waals surface area contributed by atoms with Crippen LogP contribution in [0.15, 0.2) is 64.8 Å². The number of hydrogen-bond donors (Lipinski definition) is 1. The number of carbonyl (C=O) groups is 1. The summed E-state index contributed by atoms with van der Waals surface area (Å²) in [5.41, 5.74) is 2.32. The predicted molar refractivity (Wildman–Crippen MR) is 93.5 cm³/mol. The van der Waals surface area contributed by atoms with Gasteiger partial charge >= 0.3 is 0 Å². The molecule has 0 fully saturated rings. The summed E-state index contributed by atoms with van der Waals surface area (Å²) in [6.07, 6.45) is 0. The van der Waals surface area contributed by atoms with Crippen LogP contribution in [0.2, 0.25) is 0 Å². The van der Waals surface area contributed by atoms with Crippen molar-refractivity contribution in [3.05, 3.63) is 54.6 Å². The van der Waals surface area contributed by atoms with Crippen LogP contribution >= 0.6 is 0 Å². The molecule has 0 saturated carbocycles. The second kappa shape index (κ2) is 8.80. The quantitative estimate of drug-likeness (QED) is 0.771. The Morgan fingerprint density at radius 2 is 1.48 bits per heavy atom. The number of carbonyl (C=O) groups excluding carboxylic acids is 1. The van der Waals surface area contributed by atoms with E-state index in [-0.39, 0.29) is 5.91 Å². The van der Waals surface area contributed by atoms with Gasteiger partial charge in [0.1, 0.15) is 0 Å². The lowest BCUT2D eigenvalue weighted by Gasteiger charge is -2.17. The smallest absolute Gasteiger partial charge is 0.238 e. The van der Waals surface area contributed by atoms with Crippen LogP contribution in [0.1, 0.15) is 13.8 Å². The SMILES string of the molecule is CCN(CC)CC(=O)Nc1ccc(N=Nc2ccccc2)cc1. The molecule has 5 nitrogen and oxygen atoms in total. The van der Waals surface area contributed by atoms with Gasteiger partial charge in [-0.15, -0.1) is 0 Å². The van der Waals surface area contributed by atoms with Gasteiger partial charge in [0.15, 0.2) is 0 Å². The van der Waals surface area contributed by atoms with Crippen molar-refractivity contribution in [1.29, 1.82) is 0 Å². The number of hydrogen-bond acceptors (Lipinski definition) is 4. The van der Waals surface area contributed by atoms with E-state index in [9.17, 15) is 4.79 Å². The zero-order chi connectivity index (χ0) is 16.5. The van der Waals surface area contributed by atoms with E-state index in [1.54, 1.807) is 0 Å². The first kappa shape index (κ1) is 16.8. The summed E-state index contributed by atoms with van der Waals surface area (Å²) in [5.74, 6) is -0.00707. The van der Waals surface area contributed by atoms with Gasteiger partial charge < -0.3 is 5.32 Å². The van der Waals surface area contributed by atoms with Gasteiger partial charge in [0, 0.05) is 5.69 Å². The molecule has 1 N–H and O–H groups in total. The highest BCUT2D eigenvalue weighted by Gasteiger charge is 2.07. The molecule has 0 unspecified atom stereocenters. The second-order valence-electron chi connectivity index (χ2n) is 5.09. The molecule has 2 rings (SSSR count). The van der Waals surface area contributed by atoms with Gasteiger partial charge in [-0.1, -0.05) is 32.0 Å². The van der Waals surface area contributed by atoms with E-state index in [4.69, 9.17) is 0 Å². The molecule has 1 amide bonds. The molecule has 0 radical (unpaired) electrons. The fourth-order valence-electron chi connectivity index (χ4n) is 2.07. The van der Waals surface area contributed by atoms with Crippen molar-refractivity contribution >= 4 is 23.0 Å². The molecule has 0 bridgehead atoms. The molecule has 2 aromatic rings. The molecule has 0 aliphatic rings. The third-order valence-electron chi connectivity index (χ3n) is 3.45. The van der Waals surface area contributed by atoms with E-state index in [0.29, 0.717) is 6.54 Å². The summed E-state index contributed by atoms with van der Waals surface area (Å²) in [6, 6.07) is 16.9. The Kier molecular flexibility index (Phi) is 6.44. The number of likely N-dealkylation sites (N-methyl/N-ethyl adjacent to an activating group) is 1. The minimum atomic E-state index is -0.00707. The maximum Gasteiger partial charge on any atom is 0.238 e.